The summed E-state index contributed by atoms with van der Waals surface area (Å²) in [5.74, 6) is -2.68. The smallest absolute Gasteiger partial charge is 0.404 e. The number of hydrogen-bond acceptors (Lipinski definition) is 6. The van der Waals surface area contributed by atoms with Gasteiger partial charge < -0.3 is 24.6 Å². The molecule has 0 unspecified atom stereocenters. The van der Waals surface area contributed by atoms with Crippen molar-refractivity contribution >= 4 is 27.6 Å². The van der Waals surface area contributed by atoms with Crippen LogP contribution in [0.25, 0.3) is 0 Å². The molecule has 0 radical (unpaired) electrons. The van der Waals surface area contributed by atoms with Gasteiger partial charge in [-0.05, 0) is 25.5 Å². The molecule has 0 bridgehead atoms. The van der Waals surface area contributed by atoms with E-state index in [1.54, 1.807) is 18.9 Å². The van der Waals surface area contributed by atoms with Gasteiger partial charge in [0.1, 0.15) is 12.4 Å². The monoisotopic (exact) mass is 552 g/mol. The highest BCUT2D eigenvalue weighted by Gasteiger charge is 2.35. The van der Waals surface area contributed by atoms with Gasteiger partial charge in [0.05, 0.1) is 23.4 Å². The molecule has 0 aliphatic carbocycles. The number of anilines is 1. The predicted molar refractivity (Wildman–Crippen MR) is 132 cm³/mol. The lowest BCUT2D eigenvalue weighted by atomic mass is 10.0. The van der Waals surface area contributed by atoms with Crippen LogP contribution in [0.15, 0.2) is 18.2 Å². The average Bonchev–Trinajstić information content (AvgIpc) is 2.79. The van der Waals surface area contributed by atoms with E-state index in [-0.39, 0.29) is 42.1 Å². The summed E-state index contributed by atoms with van der Waals surface area (Å²) >= 11 is 0. The van der Waals surface area contributed by atoms with E-state index in [0.717, 1.165) is 12.5 Å². The quantitative estimate of drug-likeness (QED) is 0.561. The van der Waals surface area contributed by atoms with E-state index in [4.69, 9.17) is 9.47 Å². The molecule has 0 fully saturated rings. The topological polar surface area (TPSA) is 117 Å². The van der Waals surface area contributed by atoms with E-state index in [9.17, 15) is 31.2 Å². The van der Waals surface area contributed by atoms with Crippen molar-refractivity contribution in [2.75, 3.05) is 50.9 Å². The van der Waals surface area contributed by atoms with Crippen molar-refractivity contribution in [2.45, 2.75) is 45.5 Å². The Bertz CT molecular complexity index is 1050. The van der Waals surface area contributed by atoms with Gasteiger partial charge >= 0.3 is 12.2 Å². The van der Waals surface area contributed by atoms with E-state index in [1.807, 2.05) is 18.6 Å². The van der Waals surface area contributed by atoms with Crippen molar-refractivity contribution in [1.29, 1.82) is 0 Å². The lowest BCUT2D eigenvalue weighted by Crippen LogP contribution is -2.51. The van der Waals surface area contributed by atoms with Crippen LogP contribution < -0.4 is 14.8 Å². The first-order valence-corrected chi connectivity index (χ1v) is 13.5. The van der Waals surface area contributed by atoms with E-state index in [2.05, 4.69) is 5.32 Å². The summed E-state index contributed by atoms with van der Waals surface area (Å²) < 4.78 is 75.2. The summed E-state index contributed by atoms with van der Waals surface area (Å²) in [6.45, 7) is 6.52. The van der Waals surface area contributed by atoms with Crippen LogP contribution in [0, 0.1) is 5.92 Å². The first-order valence-electron chi connectivity index (χ1n) is 11.8. The van der Waals surface area contributed by atoms with Crippen molar-refractivity contribution in [3.8, 4) is 5.75 Å². The van der Waals surface area contributed by atoms with Crippen molar-refractivity contribution in [2.24, 2.45) is 5.92 Å². The number of rotatable bonds is 6. The molecule has 1 aromatic carbocycles. The summed E-state index contributed by atoms with van der Waals surface area (Å²) in [4.78, 5) is 29.1. The molecule has 0 aromatic heterocycles. The molecule has 1 aliphatic rings. The van der Waals surface area contributed by atoms with Gasteiger partial charge in [-0.3, -0.25) is 9.52 Å². The molecule has 3 atom stereocenters. The summed E-state index contributed by atoms with van der Waals surface area (Å²) in [5, 5.41) is 2.84. The second kappa shape index (κ2) is 12.7. The van der Waals surface area contributed by atoms with Gasteiger partial charge in [0, 0.05) is 45.8 Å². The van der Waals surface area contributed by atoms with Crippen LogP contribution in [0.1, 0.15) is 37.6 Å². The van der Waals surface area contributed by atoms with Crippen LogP contribution in [0.3, 0.4) is 0 Å². The van der Waals surface area contributed by atoms with Crippen molar-refractivity contribution in [3.63, 3.8) is 0 Å². The maximum atomic E-state index is 13.2. The number of carbonyl (C=O) groups is 2. The molecular formula is C23H35F3N4O6S. The third-order valence-electron chi connectivity index (χ3n) is 5.86. The zero-order valence-corrected chi connectivity index (χ0v) is 22.4. The molecule has 2 N–H and O–H groups in total. The molecule has 210 valence electrons. The van der Waals surface area contributed by atoms with Gasteiger partial charge in [0.2, 0.25) is 10.0 Å². The summed E-state index contributed by atoms with van der Waals surface area (Å²) in [6.07, 6.45) is -4.59. The van der Waals surface area contributed by atoms with Crippen LogP contribution in [-0.4, -0.2) is 94.6 Å². The number of amides is 3. The molecular weight excluding hydrogens is 517 g/mol. The average molecular weight is 553 g/mol. The van der Waals surface area contributed by atoms with Gasteiger partial charge in [0.25, 0.3) is 5.91 Å². The first-order chi connectivity index (χ1) is 17.2. The highest BCUT2D eigenvalue weighted by molar-refractivity contribution is 7.92. The molecule has 1 heterocycles. The third-order valence-corrected chi connectivity index (χ3v) is 7.11. The second-order valence-corrected chi connectivity index (χ2v) is 10.9. The van der Waals surface area contributed by atoms with E-state index >= 15 is 0 Å². The lowest BCUT2D eigenvalue weighted by Gasteiger charge is -2.36. The molecule has 1 aliphatic heterocycles. The Hall–Kier alpha value is -2.74. The number of nitrogens with one attached hydrogen (secondary N) is 2. The third kappa shape index (κ3) is 8.95. The number of fused-ring (bicyclic) bond motifs is 1. The Balaban J connectivity index is 2.45. The number of alkyl halides is 3. The summed E-state index contributed by atoms with van der Waals surface area (Å²) in [7, 11) is -1.66. The Kier molecular flexibility index (Phi) is 10.4. The minimum atomic E-state index is -4.93. The number of hydrogen-bond donors (Lipinski definition) is 2. The number of urea groups is 1. The summed E-state index contributed by atoms with van der Waals surface area (Å²) in [5.41, 5.74) is -0.113. The number of carbonyl (C=O) groups excluding carboxylic acids is 2. The van der Waals surface area contributed by atoms with Crippen molar-refractivity contribution < 1.29 is 40.7 Å². The largest absolute Gasteiger partial charge is 0.491 e. The fourth-order valence-corrected chi connectivity index (χ4v) is 4.87. The van der Waals surface area contributed by atoms with Gasteiger partial charge in [0.15, 0.2) is 5.75 Å². The standard InChI is InChI=1S/C23H35F3N4O6S/c1-6-9-27-22(32)30-11-15(2)20(35-5)12-29(4)21(31)18-8-7-17(10-19(18)36-13-16(30)3)28-37(33,34)14-23(24,25)26/h7-8,10,15-16,20,28H,6,9,11-14H2,1-5H3,(H,27,32)/t15-,16-,20-/m1/s1. The van der Waals surface area contributed by atoms with Crippen molar-refractivity contribution in [1.82, 2.24) is 15.1 Å². The Morgan fingerprint density at radius 3 is 2.51 bits per heavy atom. The van der Waals surface area contributed by atoms with Crippen LogP contribution in [0.2, 0.25) is 0 Å². The van der Waals surface area contributed by atoms with Gasteiger partial charge in [-0.15, -0.1) is 0 Å². The number of nitrogens with zero attached hydrogens (tertiary/aromatic N) is 2. The van der Waals surface area contributed by atoms with Crippen molar-refractivity contribution in [3.05, 3.63) is 23.8 Å². The zero-order valence-electron chi connectivity index (χ0n) is 21.6. The second-order valence-electron chi connectivity index (χ2n) is 9.17. The molecule has 1 aromatic rings. The number of methoxy groups -OCH3 is 1. The van der Waals surface area contributed by atoms with Crippen LogP contribution >= 0.6 is 0 Å². The first kappa shape index (κ1) is 30.5. The van der Waals surface area contributed by atoms with E-state index < -0.39 is 40.0 Å². The maximum absolute atomic E-state index is 13.2. The summed E-state index contributed by atoms with van der Waals surface area (Å²) in [6, 6.07) is 2.87. The van der Waals surface area contributed by atoms with Gasteiger partial charge in [-0.2, -0.15) is 13.2 Å². The number of ether oxygens (including phenoxy) is 2. The molecule has 0 saturated carbocycles. The molecule has 3 amide bonds. The fraction of sp³-hybridized carbons (Fsp3) is 0.652. The Morgan fingerprint density at radius 2 is 1.92 bits per heavy atom. The normalized spacial score (nSPS) is 21.8. The molecule has 10 nitrogen and oxygen atoms in total. The SMILES string of the molecule is CCCNC(=O)N1C[C@@H](C)[C@H](OC)CN(C)C(=O)c2ccc(NS(=O)(=O)CC(F)(F)F)cc2OC[C@H]1C. The molecule has 2 rings (SSSR count). The highest BCUT2D eigenvalue weighted by Crippen LogP contribution is 2.28. The zero-order chi connectivity index (χ0) is 28.0. The van der Waals surface area contributed by atoms with Crippen LogP contribution in [-0.2, 0) is 14.8 Å². The Labute approximate surface area is 215 Å². The van der Waals surface area contributed by atoms with Crippen LogP contribution in [0.5, 0.6) is 5.75 Å². The number of benzene rings is 1. The van der Waals surface area contributed by atoms with E-state index in [0.29, 0.717) is 13.1 Å². The van der Waals surface area contributed by atoms with Gasteiger partial charge in [-0.1, -0.05) is 13.8 Å². The number of sulfonamides is 1. The predicted octanol–water partition coefficient (Wildman–Crippen LogP) is 2.92. The minimum absolute atomic E-state index is 0.0348. The molecule has 0 spiro atoms. The molecule has 0 saturated heterocycles. The van der Waals surface area contributed by atoms with E-state index in [1.165, 1.54) is 24.1 Å². The minimum Gasteiger partial charge on any atom is -0.491 e. The van der Waals surface area contributed by atoms with Crippen LogP contribution in [0.4, 0.5) is 23.7 Å². The Morgan fingerprint density at radius 1 is 1.24 bits per heavy atom. The maximum Gasteiger partial charge on any atom is 0.404 e. The fourth-order valence-electron chi connectivity index (χ4n) is 3.88. The highest BCUT2D eigenvalue weighted by atomic mass is 32.2. The number of likely N-dealkylation sites (N-methyl/N-ethyl adjacent to an activating group) is 1. The molecule has 37 heavy (non-hydrogen) atoms. The number of halogens is 3. The van der Waals surface area contributed by atoms with Gasteiger partial charge in [-0.25, -0.2) is 13.2 Å². The molecule has 14 heteroatoms. The lowest BCUT2D eigenvalue weighted by molar-refractivity contribution is -0.106.